The van der Waals surface area contributed by atoms with Crippen molar-refractivity contribution in [3.8, 4) is 5.75 Å². The molecule has 0 spiro atoms. The Morgan fingerprint density at radius 3 is 2.84 bits per heavy atom. The van der Waals surface area contributed by atoms with Gasteiger partial charge in [0.05, 0.1) is 11.0 Å². The van der Waals surface area contributed by atoms with Crippen molar-refractivity contribution in [2.24, 2.45) is 0 Å². The highest BCUT2D eigenvalue weighted by Crippen LogP contribution is 2.21. The number of nitrogens with one attached hydrogen (secondary N) is 1. The van der Waals surface area contributed by atoms with Crippen LogP contribution in [0.15, 0.2) is 42.5 Å². The number of amides is 1. The normalized spacial score (nSPS) is 10.8. The zero-order valence-electron chi connectivity index (χ0n) is 14.3. The highest BCUT2D eigenvalue weighted by atomic mass is 35.5. The van der Waals surface area contributed by atoms with Crippen LogP contribution < -0.4 is 10.1 Å². The number of aryl methyl sites for hydroxylation is 2. The first kappa shape index (κ1) is 17.3. The number of hydrogen-bond acceptors (Lipinski definition) is 3. The molecule has 0 aliphatic rings. The lowest BCUT2D eigenvalue weighted by atomic mass is 10.2. The van der Waals surface area contributed by atoms with Gasteiger partial charge in [0.25, 0.3) is 5.91 Å². The van der Waals surface area contributed by atoms with E-state index in [0.717, 1.165) is 22.4 Å². The number of rotatable bonds is 6. The van der Waals surface area contributed by atoms with Crippen molar-refractivity contribution >= 4 is 28.5 Å². The molecule has 3 aromatic rings. The lowest BCUT2D eigenvalue weighted by Crippen LogP contribution is -2.31. The first-order valence-electron chi connectivity index (χ1n) is 8.12. The van der Waals surface area contributed by atoms with Gasteiger partial charge in [-0.05, 0) is 49.7 Å². The third kappa shape index (κ3) is 4.12. The molecule has 130 valence electrons. The van der Waals surface area contributed by atoms with E-state index in [1.54, 1.807) is 12.1 Å². The van der Waals surface area contributed by atoms with E-state index in [-0.39, 0.29) is 12.5 Å². The molecule has 2 aromatic carbocycles. The Bertz CT molecular complexity index is 905. The molecule has 0 aliphatic carbocycles. The molecule has 3 rings (SSSR count). The third-order valence-corrected chi connectivity index (χ3v) is 4.23. The van der Waals surface area contributed by atoms with Crippen LogP contribution >= 0.6 is 11.6 Å². The van der Waals surface area contributed by atoms with Gasteiger partial charge in [0.2, 0.25) is 0 Å². The van der Waals surface area contributed by atoms with Crippen molar-refractivity contribution in [3.63, 3.8) is 0 Å². The predicted octanol–water partition coefficient (Wildman–Crippen LogP) is 3.50. The average Bonchev–Trinajstić information content (AvgIpc) is 2.90. The van der Waals surface area contributed by atoms with E-state index in [9.17, 15) is 4.79 Å². The topological polar surface area (TPSA) is 56.1 Å². The minimum absolute atomic E-state index is 0.0217. The summed E-state index contributed by atoms with van der Waals surface area (Å²) in [6.07, 6.45) is 0. The number of ether oxygens (including phenoxy) is 1. The second-order valence-electron chi connectivity index (χ2n) is 5.85. The molecule has 0 saturated carbocycles. The van der Waals surface area contributed by atoms with Gasteiger partial charge in [-0.15, -0.1) is 0 Å². The predicted molar refractivity (Wildman–Crippen MR) is 99.2 cm³/mol. The third-order valence-electron chi connectivity index (χ3n) is 4.00. The number of para-hydroxylation sites is 2. The fraction of sp³-hybridized carbons (Fsp3) is 0.263. The number of imidazole rings is 1. The SMILES string of the molecule is Cc1cc(Cl)ccc1OCC(=O)NCCn1c(C)nc2ccccc21. The quantitative estimate of drug-likeness (QED) is 0.734. The van der Waals surface area contributed by atoms with E-state index >= 15 is 0 Å². The van der Waals surface area contributed by atoms with E-state index in [2.05, 4.69) is 14.9 Å². The number of benzene rings is 2. The summed E-state index contributed by atoms with van der Waals surface area (Å²) in [5.41, 5.74) is 2.94. The number of nitrogens with zero attached hydrogens (tertiary/aromatic N) is 2. The van der Waals surface area contributed by atoms with E-state index in [4.69, 9.17) is 16.3 Å². The molecule has 0 saturated heterocycles. The Morgan fingerprint density at radius 2 is 2.04 bits per heavy atom. The lowest BCUT2D eigenvalue weighted by molar-refractivity contribution is -0.123. The molecule has 0 radical (unpaired) electrons. The summed E-state index contributed by atoms with van der Waals surface area (Å²) < 4.78 is 7.64. The molecule has 1 amide bonds. The molecular formula is C19H20ClN3O2. The largest absolute Gasteiger partial charge is 0.484 e. The van der Waals surface area contributed by atoms with E-state index in [1.165, 1.54) is 0 Å². The van der Waals surface area contributed by atoms with E-state index < -0.39 is 0 Å². The van der Waals surface area contributed by atoms with Crippen LogP contribution in [0.3, 0.4) is 0 Å². The van der Waals surface area contributed by atoms with Crippen LogP contribution in [0, 0.1) is 13.8 Å². The average molecular weight is 358 g/mol. The fourth-order valence-corrected chi connectivity index (χ4v) is 2.98. The molecular weight excluding hydrogens is 338 g/mol. The van der Waals surface area contributed by atoms with E-state index in [1.807, 2.05) is 44.2 Å². The van der Waals surface area contributed by atoms with Crippen molar-refractivity contribution in [2.45, 2.75) is 20.4 Å². The van der Waals surface area contributed by atoms with Crippen molar-refractivity contribution in [3.05, 3.63) is 58.9 Å². The molecule has 5 nitrogen and oxygen atoms in total. The van der Waals surface area contributed by atoms with Gasteiger partial charge in [-0.3, -0.25) is 4.79 Å². The Balaban J connectivity index is 1.51. The van der Waals surface area contributed by atoms with Crippen LogP contribution in [0.1, 0.15) is 11.4 Å². The van der Waals surface area contributed by atoms with E-state index in [0.29, 0.717) is 23.9 Å². The van der Waals surface area contributed by atoms with Crippen LogP contribution in [0.5, 0.6) is 5.75 Å². The van der Waals surface area contributed by atoms with Crippen LogP contribution in [0.25, 0.3) is 11.0 Å². The van der Waals surface area contributed by atoms with Crippen molar-refractivity contribution in [2.75, 3.05) is 13.2 Å². The minimum Gasteiger partial charge on any atom is -0.484 e. The summed E-state index contributed by atoms with van der Waals surface area (Å²) in [6.45, 7) is 5.02. The maximum absolute atomic E-state index is 12.0. The standard InChI is InChI=1S/C19H20ClN3O2/c1-13-11-15(20)7-8-18(13)25-12-19(24)21-9-10-23-14(2)22-16-5-3-4-6-17(16)23/h3-8,11H,9-10,12H2,1-2H3,(H,21,24). The van der Waals surface area contributed by atoms with Gasteiger partial charge in [-0.2, -0.15) is 0 Å². The summed E-state index contributed by atoms with van der Waals surface area (Å²) in [6, 6.07) is 13.3. The maximum Gasteiger partial charge on any atom is 0.258 e. The van der Waals surface area contributed by atoms with Gasteiger partial charge in [-0.1, -0.05) is 23.7 Å². The van der Waals surface area contributed by atoms with Crippen LogP contribution in [0.4, 0.5) is 0 Å². The van der Waals surface area contributed by atoms with Crippen molar-refractivity contribution < 1.29 is 9.53 Å². The second-order valence-corrected chi connectivity index (χ2v) is 6.28. The first-order valence-corrected chi connectivity index (χ1v) is 8.50. The minimum atomic E-state index is -0.156. The Kier molecular flexibility index (Phi) is 5.24. The monoisotopic (exact) mass is 357 g/mol. The van der Waals surface area contributed by atoms with Crippen molar-refractivity contribution in [1.29, 1.82) is 0 Å². The lowest BCUT2D eigenvalue weighted by Gasteiger charge is -2.11. The van der Waals surface area contributed by atoms with Gasteiger partial charge < -0.3 is 14.6 Å². The van der Waals surface area contributed by atoms with Crippen molar-refractivity contribution in [1.82, 2.24) is 14.9 Å². The molecule has 0 fully saturated rings. The molecule has 1 aromatic heterocycles. The molecule has 1 N–H and O–H groups in total. The summed E-state index contributed by atoms with van der Waals surface area (Å²) in [7, 11) is 0. The van der Waals surface area contributed by atoms with Crippen LogP contribution in [-0.2, 0) is 11.3 Å². The van der Waals surface area contributed by atoms with Gasteiger partial charge in [0.15, 0.2) is 6.61 Å². The number of carbonyl (C=O) groups excluding carboxylic acids is 1. The molecule has 0 atom stereocenters. The van der Waals surface area contributed by atoms with Gasteiger partial charge in [-0.25, -0.2) is 4.98 Å². The summed E-state index contributed by atoms with van der Waals surface area (Å²) in [5.74, 6) is 1.44. The Morgan fingerprint density at radius 1 is 1.24 bits per heavy atom. The van der Waals surface area contributed by atoms with Gasteiger partial charge >= 0.3 is 0 Å². The highest BCUT2D eigenvalue weighted by Gasteiger charge is 2.08. The second kappa shape index (κ2) is 7.57. The fourth-order valence-electron chi connectivity index (χ4n) is 2.75. The van der Waals surface area contributed by atoms with Gasteiger partial charge in [0, 0.05) is 18.1 Å². The Labute approximate surface area is 151 Å². The first-order chi connectivity index (χ1) is 12.0. The molecule has 25 heavy (non-hydrogen) atoms. The van der Waals surface area contributed by atoms with Gasteiger partial charge in [0.1, 0.15) is 11.6 Å². The molecule has 0 unspecified atom stereocenters. The number of halogens is 1. The molecule has 0 bridgehead atoms. The number of aromatic nitrogens is 2. The van der Waals surface area contributed by atoms with Crippen LogP contribution in [-0.4, -0.2) is 28.6 Å². The maximum atomic E-state index is 12.0. The van der Waals surface area contributed by atoms with Crippen LogP contribution in [0.2, 0.25) is 5.02 Å². The number of carbonyl (C=O) groups is 1. The highest BCUT2D eigenvalue weighted by molar-refractivity contribution is 6.30. The molecule has 0 aliphatic heterocycles. The zero-order chi connectivity index (χ0) is 17.8. The molecule has 6 heteroatoms. The smallest absolute Gasteiger partial charge is 0.258 e. The zero-order valence-corrected chi connectivity index (χ0v) is 15.0. The Hall–Kier alpha value is -2.53. The molecule has 1 heterocycles. The summed E-state index contributed by atoms with van der Waals surface area (Å²) >= 11 is 5.91. The summed E-state index contributed by atoms with van der Waals surface area (Å²) in [4.78, 5) is 16.5. The number of fused-ring (bicyclic) bond motifs is 1. The number of hydrogen-bond donors (Lipinski definition) is 1. The summed E-state index contributed by atoms with van der Waals surface area (Å²) in [5, 5.41) is 3.53.